The molecule has 2 heteroatoms. The van der Waals surface area contributed by atoms with Crippen LogP contribution >= 0.6 is 0 Å². The van der Waals surface area contributed by atoms with E-state index in [0.717, 1.165) is 38.8 Å². The highest BCUT2D eigenvalue weighted by atomic mass is 16.3. The Labute approximate surface area is 110 Å². The van der Waals surface area contributed by atoms with E-state index in [1.54, 1.807) is 0 Å². The van der Waals surface area contributed by atoms with Gasteiger partial charge in [-0.25, -0.2) is 0 Å². The van der Waals surface area contributed by atoms with Crippen LogP contribution in [-0.2, 0) is 0 Å². The molecule has 1 aliphatic heterocycles. The highest BCUT2D eigenvalue weighted by Crippen LogP contribution is 2.29. The molecular weight excluding hydrogens is 222 g/mol. The number of para-hydroxylation sites is 1. The number of hydrogen-bond acceptors (Lipinski definition) is 2. The molecule has 1 N–H and O–H groups in total. The fourth-order valence-corrected chi connectivity index (χ4v) is 2.49. The zero-order valence-corrected chi connectivity index (χ0v) is 11.0. The van der Waals surface area contributed by atoms with Crippen LogP contribution in [-0.4, -0.2) is 23.8 Å². The van der Waals surface area contributed by atoms with E-state index in [4.69, 9.17) is 0 Å². The summed E-state index contributed by atoms with van der Waals surface area (Å²) in [5, 5.41) is 10.5. The molecule has 0 aliphatic carbocycles. The molecule has 1 aliphatic rings. The molecule has 0 spiro atoms. The van der Waals surface area contributed by atoms with Gasteiger partial charge in [-0.1, -0.05) is 18.2 Å². The molecule has 0 unspecified atom stereocenters. The molecule has 0 radical (unpaired) electrons. The fourth-order valence-electron chi connectivity index (χ4n) is 2.49. The maximum absolute atomic E-state index is 10.5. The first-order valence-electron chi connectivity index (χ1n) is 6.65. The zero-order chi connectivity index (χ0) is 12.8. The second kappa shape index (κ2) is 5.93. The molecule has 0 saturated carbocycles. The van der Waals surface area contributed by atoms with Crippen LogP contribution in [0.15, 0.2) is 30.3 Å². The normalized spacial score (nSPS) is 18.0. The minimum Gasteiger partial charge on any atom is -0.390 e. The van der Waals surface area contributed by atoms with Crippen molar-refractivity contribution in [3.8, 4) is 11.8 Å². The summed E-state index contributed by atoms with van der Waals surface area (Å²) in [5.41, 5.74) is 0.752. The fraction of sp³-hybridized carbons (Fsp3) is 0.500. The number of piperidine rings is 1. The molecule has 1 saturated heterocycles. The predicted octanol–water partition coefficient (Wildman–Crippen LogP) is 2.82. The maximum atomic E-state index is 10.5. The molecule has 0 bridgehead atoms. The lowest BCUT2D eigenvalue weighted by atomic mass is 9.87. The third kappa shape index (κ3) is 3.27. The zero-order valence-electron chi connectivity index (χ0n) is 11.0. The lowest BCUT2D eigenvalue weighted by Crippen LogP contribution is -2.44. The lowest BCUT2D eigenvalue weighted by Gasteiger charge is -2.39. The maximum Gasteiger partial charge on any atom is 0.0690 e. The summed E-state index contributed by atoms with van der Waals surface area (Å²) in [6, 6.07) is 10.4. The van der Waals surface area contributed by atoms with Gasteiger partial charge < -0.3 is 10.0 Å². The predicted molar refractivity (Wildman–Crippen MR) is 75.5 cm³/mol. The number of anilines is 1. The Balaban J connectivity index is 1.89. The van der Waals surface area contributed by atoms with E-state index in [-0.39, 0.29) is 0 Å². The molecule has 1 heterocycles. The van der Waals surface area contributed by atoms with Crippen molar-refractivity contribution in [2.45, 2.75) is 38.2 Å². The van der Waals surface area contributed by atoms with E-state index in [0.29, 0.717) is 0 Å². The molecule has 1 fully saturated rings. The van der Waals surface area contributed by atoms with Crippen LogP contribution in [0.5, 0.6) is 0 Å². The van der Waals surface area contributed by atoms with Crippen molar-refractivity contribution in [1.82, 2.24) is 0 Å². The highest BCUT2D eigenvalue weighted by Gasteiger charge is 2.31. The van der Waals surface area contributed by atoms with Gasteiger partial charge in [-0.15, -0.1) is 11.8 Å². The number of hydrogen-bond donors (Lipinski definition) is 1. The summed E-state index contributed by atoms with van der Waals surface area (Å²) in [4.78, 5) is 2.35. The topological polar surface area (TPSA) is 23.5 Å². The van der Waals surface area contributed by atoms with E-state index in [9.17, 15) is 5.11 Å². The van der Waals surface area contributed by atoms with Gasteiger partial charge in [-0.3, -0.25) is 0 Å². The minimum atomic E-state index is -0.505. The Morgan fingerprint density at radius 1 is 1.22 bits per heavy atom. The van der Waals surface area contributed by atoms with Crippen LogP contribution in [0.25, 0.3) is 0 Å². The average Bonchev–Trinajstić information content (AvgIpc) is 2.41. The number of rotatable bonds is 3. The molecule has 2 nitrogen and oxygen atoms in total. The first-order chi connectivity index (χ1) is 8.73. The van der Waals surface area contributed by atoms with Crippen molar-refractivity contribution in [1.29, 1.82) is 0 Å². The SMILES string of the molecule is CC#CCCC1(O)CCN(c2ccccc2)CC1. The number of nitrogens with zero attached hydrogens (tertiary/aromatic N) is 1. The van der Waals surface area contributed by atoms with Gasteiger partial charge in [0.1, 0.15) is 0 Å². The summed E-state index contributed by atoms with van der Waals surface area (Å²) in [6.07, 6.45) is 3.29. The number of benzene rings is 1. The van der Waals surface area contributed by atoms with Crippen molar-refractivity contribution < 1.29 is 5.11 Å². The van der Waals surface area contributed by atoms with Gasteiger partial charge in [-0.2, -0.15) is 0 Å². The second-order valence-corrected chi connectivity index (χ2v) is 4.97. The van der Waals surface area contributed by atoms with Crippen LogP contribution in [0.2, 0.25) is 0 Å². The molecule has 0 aromatic heterocycles. The third-order valence-corrected chi connectivity index (χ3v) is 3.71. The van der Waals surface area contributed by atoms with Crippen molar-refractivity contribution in [3.63, 3.8) is 0 Å². The van der Waals surface area contributed by atoms with Gasteiger partial charge in [0, 0.05) is 25.2 Å². The summed E-state index contributed by atoms with van der Waals surface area (Å²) in [6.45, 7) is 3.71. The molecule has 18 heavy (non-hydrogen) atoms. The van der Waals surface area contributed by atoms with Crippen LogP contribution in [0, 0.1) is 11.8 Å². The van der Waals surface area contributed by atoms with Gasteiger partial charge in [0.05, 0.1) is 5.60 Å². The van der Waals surface area contributed by atoms with Gasteiger partial charge >= 0.3 is 0 Å². The van der Waals surface area contributed by atoms with Crippen molar-refractivity contribution in [2.75, 3.05) is 18.0 Å². The molecule has 1 aromatic carbocycles. The first kappa shape index (κ1) is 13.0. The van der Waals surface area contributed by atoms with Crippen LogP contribution in [0.3, 0.4) is 0 Å². The van der Waals surface area contributed by atoms with E-state index in [1.807, 2.05) is 13.0 Å². The quantitative estimate of drug-likeness (QED) is 0.825. The lowest BCUT2D eigenvalue weighted by molar-refractivity contribution is 0.00940. The largest absolute Gasteiger partial charge is 0.390 e. The summed E-state index contributed by atoms with van der Waals surface area (Å²) in [5.74, 6) is 5.93. The van der Waals surface area contributed by atoms with E-state index in [1.165, 1.54) is 5.69 Å². The summed E-state index contributed by atoms with van der Waals surface area (Å²) >= 11 is 0. The molecule has 2 rings (SSSR count). The van der Waals surface area contributed by atoms with E-state index < -0.39 is 5.60 Å². The molecule has 96 valence electrons. The van der Waals surface area contributed by atoms with E-state index >= 15 is 0 Å². The minimum absolute atomic E-state index is 0.505. The van der Waals surface area contributed by atoms with E-state index in [2.05, 4.69) is 41.0 Å². The van der Waals surface area contributed by atoms with Gasteiger partial charge in [0.25, 0.3) is 0 Å². The van der Waals surface area contributed by atoms with Gasteiger partial charge in [0.2, 0.25) is 0 Å². The third-order valence-electron chi connectivity index (χ3n) is 3.71. The van der Waals surface area contributed by atoms with Gasteiger partial charge in [-0.05, 0) is 38.3 Å². The van der Waals surface area contributed by atoms with Crippen LogP contribution in [0.1, 0.15) is 32.6 Å². The Morgan fingerprint density at radius 3 is 2.50 bits per heavy atom. The number of aliphatic hydroxyl groups is 1. The first-order valence-corrected chi connectivity index (χ1v) is 6.65. The summed E-state index contributed by atoms with van der Waals surface area (Å²) in [7, 11) is 0. The Hall–Kier alpha value is -1.46. The second-order valence-electron chi connectivity index (χ2n) is 4.97. The van der Waals surface area contributed by atoms with Crippen molar-refractivity contribution in [3.05, 3.63) is 30.3 Å². The van der Waals surface area contributed by atoms with Crippen molar-refractivity contribution >= 4 is 5.69 Å². The smallest absolute Gasteiger partial charge is 0.0690 e. The molecule has 1 aromatic rings. The van der Waals surface area contributed by atoms with Gasteiger partial charge in [0.15, 0.2) is 0 Å². The molecule has 0 atom stereocenters. The Kier molecular flexibility index (Phi) is 4.28. The standard InChI is InChI=1S/C16H21NO/c1-2-3-7-10-16(18)11-13-17(14-12-16)15-8-5-4-6-9-15/h4-6,8-9,18H,7,10-14H2,1H3. The molecule has 0 amide bonds. The summed E-state index contributed by atoms with van der Waals surface area (Å²) < 4.78 is 0. The van der Waals surface area contributed by atoms with Crippen LogP contribution in [0.4, 0.5) is 5.69 Å². The van der Waals surface area contributed by atoms with Crippen LogP contribution < -0.4 is 4.90 Å². The van der Waals surface area contributed by atoms with Crippen molar-refractivity contribution in [2.24, 2.45) is 0 Å². The molecular formula is C16H21NO. The average molecular weight is 243 g/mol. The Bertz CT molecular complexity index is 421. The highest BCUT2D eigenvalue weighted by molar-refractivity contribution is 5.46. The Morgan fingerprint density at radius 2 is 1.89 bits per heavy atom. The monoisotopic (exact) mass is 243 g/mol.